The molecule has 0 saturated heterocycles. The topological polar surface area (TPSA) is 51.0 Å². The molecule has 1 aliphatic heterocycles. The second kappa shape index (κ2) is 5.60. The molecule has 0 fully saturated rings. The second-order valence-electron chi connectivity index (χ2n) is 5.73. The van der Waals surface area contributed by atoms with Gasteiger partial charge >= 0.3 is 0 Å². The summed E-state index contributed by atoms with van der Waals surface area (Å²) in [6, 6.07) is 0. The number of nitrogens with zero attached hydrogens (tertiary/aromatic N) is 4. The SMILES string of the molecule is Cc1nc(C)c(C(=O)N(C)CC2CCc3nccn3C2)s1. The number of hydrogen-bond acceptors (Lipinski definition) is 4. The molecule has 0 bridgehead atoms. The van der Waals surface area contributed by atoms with Gasteiger partial charge in [-0.3, -0.25) is 4.79 Å². The summed E-state index contributed by atoms with van der Waals surface area (Å²) in [5.41, 5.74) is 0.842. The molecule has 6 heteroatoms. The normalized spacial score (nSPS) is 17.6. The third kappa shape index (κ3) is 2.85. The summed E-state index contributed by atoms with van der Waals surface area (Å²) in [6.07, 6.45) is 5.98. The summed E-state index contributed by atoms with van der Waals surface area (Å²) >= 11 is 1.49. The molecule has 1 aliphatic rings. The van der Waals surface area contributed by atoms with Gasteiger partial charge in [-0.1, -0.05) is 0 Å². The van der Waals surface area contributed by atoms with Crippen molar-refractivity contribution in [1.29, 1.82) is 0 Å². The van der Waals surface area contributed by atoms with Crippen LogP contribution in [0, 0.1) is 19.8 Å². The Morgan fingerprint density at radius 1 is 1.52 bits per heavy atom. The van der Waals surface area contributed by atoms with E-state index >= 15 is 0 Å². The van der Waals surface area contributed by atoms with E-state index in [1.54, 1.807) is 0 Å². The molecule has 1 amide bonds. The largest absolute Gasteiger partial charge is 0.341 e. The molecule has 0 radical (unpaired) electrons. The number of rotatable bonds is 3. The Hall–Kier alpha value is -1.69. The maximum absolute atomic E-state index is 12.5. The lowest BCUT2D eigenvalue weighted by molar-refractivity contribution is 0.0764. The van der Waals surface area contributed by atoms with E-state index in [4.69, 9.17) is 0 Å². The Morgan fingerprint density at radius 2 is 2.33 bits per heavy atom. The molecule has 2 aromatic rings. The van der Waals surface area contributed by atoms with Crippen LogP contribution in [-0.2, 0) is 13.0 Å². The number of imidazole rings is 1. The molecule has 2 aromatic heterocycles. The number of aryl methyl sites for hydroxylation is 3. The molecule has 0 saturated carbocycles. The van der Waals surface area contributed by atoms with Gasteiger partial charge in [0.15, 0.2) is 0 Å². The Bertz CT molecular complexity index is 660. The van der Waals surface area contributed by atoms with Gasteiger partial charge in [0.1, 0.15) is 10.7 Å². The zero-order valence-corrected chi connectivity index (χ0v) is 13.5. The fraction of sp³-hybridized carbons (Fsp3) is 0.533. The van der Waals surface area contributed by atoms with Crippen molar-refractivity contribution in [3.8, 4) is 0 Å². The first-order chi connectivity index (χ1) is 10.0. The summed E-state index contributed by atoms with van der Waals surface area (Å²) < 4.78 is 2.20. The van der Waals surface area contributed by atoms with E-state index in [-0.39, 0.29) is 5.91 Å². The smallest absolute Gasteiger partial charge is 0.265 e. The van der Waals surface area contributed by atoms with Crippen LogP contribution < -0.4 is 0 Å². The minimum atomic E-state index is 0.0922. The van der Waals surface area contributed by atoms with E-state index < -0.39 is 0 Å². The van der Waals surface area contributed by atoms with Crippen molar-refractivity contribution >= 4 is 17.2 Å². The van der Waals surface area contributed by atoms with Crippen LogP contribution in [0.3, 0.4) is 0 Å². The summed E-state index contributed by atoms with van der Waals surface area (Å²) in [6.45, 7) is 5.58. The average Bonchev–Trinajstić information content (AvgIpc) is 3.03. The molecule has 0 aromatic carbocycles. The molecule has 21 heavy (non-hydrogen) atoms. The first-order valence-corrected chi connectivity index (χ1v) is 8.05. The van der Waals surface area contributed by atoms with Crippen molar-refractivity contribution in [2.24, 2.45) is 5.92 Å². The van der Waals surface area contributed by atoms with Crippen LogP contribution in [0.4, 0.5) is 0 Å². The van der Waals surface area contributed by atoms with Gasteiger partial charge < -0.3 is 9.47 Å². The standard InChI is InChI=1S/C15H20N4OS/c1-10-14(21-11(2)17-10)15(20)18(3)8-12-4-5-13-16-6-7-19(13)9-12/h6-7,12H,4-5,8-9H2,1-3H3. The molecule has 112 valence electrons. The summed E-state index contributed by atoms with van der Waals surface area (Å²) in [4.78, 5) is 23.8. The van der Waals surface area contributed by atoms with Gasteiger partial charge in [0.2, 0.25) is 0 Å². The average molecular weight is 304 g/mol. The first kappa shape index (κ1) is 14.3. The van der Waals surface area contributed by atoms with E-state index in [0.717, 1.165) is 47.3 Å². The lowest BCUT2D eigenvalue weighted by Crippen LogP contribution is -2.35. The second-order valence-corrected chi connectivity index (χ2v) is 6.94. The van der Waals surface area contributed by atoms with E-state index in [0.29, 0.717) is 5.92 Å². The van der Waals surface area contributed by atoms with E-state index in [2.05, 4.69) is 14.5 Å². The van der Waals surface area contributed by atoms with Crippen LogP contribution in [0.2, 0.25) is 0 Å². The van der Waals surface area contributed by atoms with Crippen molar-refractivity contribution in [3.05, 3.63) is 33.8 Å². The quantitative estimate of drug-likeness (QED) is 0.874. The van der Waals surface area contributed by atoms with Gasteiger partial charge in [0.05, 0.1) is 10.7 Å². The highest BCUT2D eigenvalue weighted by Gasteiger charge is 2.24. The van der Waals surface area contributed by atoms with Gasteiger partial charge in [-0.25, -0.2) is 9.97 Å². The predicted molar refractivity (Wildman–Crippen MR) is 82.6 cm³/mol. The van der Waals surface area contributed by atoms with Crippen LogP contribution in [-0.4, -0.2) is 38.9 Å². The van der Waals surface area contributed by atoms with Gasteiger partial charge in [0.25, 0.3) is 5.91 Å². The highest BCUT2D eigenvalue weighted by Crippen LogP contribution is 2.22. The number of carbonyl (C=O) groups excluding carboxylic acids is 1. The van der Waals surface area contributed by atoms with E-state index in [9.17, 15) is 4.79 Å². The van der Waals surface area contributed by atoms with Crippen LogP contribution in [0.15, 0.2) is 12.4 Å². The molecule has 1 unspecified atom stereocenters. The van der Waals surface area contributed by atoms with Crippen molar-refractivity contribution in [3.63, 3.8) is 0 Å². The fourth-order valence-electron chi connectivity index (χ4n) is 2.96. The number of fused-ring (bicyclic) bond motifs is 1. The van der Waals surface area contributed by atoms with Crippen molar-refractivity contribution in [1.82, 2.24) is 19.4 Å². The molecule has 0 spiro atoms. The lowest BCUT2D eigenvalue weighted by Gasteiger charge is -2.28. The Morgan fingerprint density at radius 3 is 3.05 bits per heavy atom. The summed E-state index contributed by atoms with van der Waals surface area (Å²) in [5.74, 6) is 1.75. The number of thiazole rings is 1. The van der Waals surface area contributed by atoms with Gasteiger partial charge in [-0.2, -0.15) is 0 Å². The molecular weight excluding hydrogens is 284 g/mol. The van der Waals surface area contributed by atoms with E-state index in [1.165, 1.54) is 11.3 Å². The maximum atomic E-state index is 12.5. The third-order valence-electron chi connectivity index (χ3n) is 4.01. The number of hydrogen-bond donors (Lipinski definition) is 0. The molecule has 5 nitrogen and oxygen atoms in total. The Kier molecular flexibility index (Phi) is 3.80. The zero-order valence-electron chi connectivity index (χ0n) is 12.7. The molecular formula is C15H20N4OS. The summed E-state index contributed by atoms with van der Waals surface area (Å²) in [7, 11) is 1.89. The van der Waals surface area contributed by atoms with Gasteiger partial charge in [-0.15, -0.1) is 11.3 Å². The van der Waals surface area contributed by atoms with Gasteiger partial charge in [-0.05, 0) is 26.2 Å². The number of carbonyl (C=O) groups is 1. The zero-order chi connectivity index (χ0) is 15.0. The lowest BCUT2D eigenvalue weighted by atomic mass is 9.99. The minimum absolute atomic E-state index is 0.0922. The molecule has 0 N–H and O–H groups in total. The third-order valence-corrected chi connectivity index (χ3v) is 5.07. The molecule has 0 aliphatic carbocycles. The maximum Gasteiger partial charge on any atom is 0.265 e. The highest BCUT2D eigenvalue weighted by atomic mass is 32.1. The van der Waals surface area contributed by atoms with Crippen LogP contribution in [0.5, 0.6) is 0 Å². The van der Waals surface area contributed by atoms with Crippen LogP contribution >= 0.6 is 11.3 Å². The fourth-order valence-corrected chi connectivity index (χ4v) is 3.87. The van der Waals surface area contributed by atoms with Crippen LogP contribution in [0.1, 0.15) is 32.6 Å². The van der Waals surface area contributed by atoms with Gasteiger partial charge in [0, 0.05) is 39.0 Å². The molecule has 3 rings (SSSR count). The predicted octanol–water partition coefficient (Wildman–Crippen LogP) is 2.29. The monoisotopic (exact) mass is 304 g/mol. The minimum Gasteiger partial charge on any atom is -0.341 e. The Balaban J connectivity index is 1.65. The van der Waals surface area contributed by atoms with Crippen LogP contribution in [0.25, 0.3) is 0 Å². The summed E-state index contributed by atoms with van der Waals surface area (Å²) in [5, 5.41) is 0.949. The molecule has 1 atom stereocenters. The van der Waals surface area contributed by atoms with Crippen molar-refractivity contribution in [2.75, 3.05) is 13.6 Å². The number of aromatic nitrogens is 3. The number of amides is 1. The Labute approximate surface area is 128 Å². The first-order valence-electron chi connectivity index (χ1n) is 7.24. The highest BCUT2D eigenvalue weighted by molar-refractivity contribution is 7.13. The van der Waals surface area contributed by atoms with Crippen molar-refractivity contribution < 1.29 is 4.79 Å². The van der Waals surface area contributed by atoms with Crippen molar-refractivity contribution in [2.45, 2.75) is 33.2 Å². The molecule has 3 heterocycles. The van der Waals surface area contributed by atoms with E-state index in [1.807, 2.05) is 38.2 Å².